The Balaban J connectivity index is 3.26. The van der Waals surface area contributed by atoms with Crippen LogP contribution in [0, 0.1) is 10.1 Å². The third-order valence-electron chi connectivity index (χ3n) is 2.28. The number of benzene rings is 1. The molecule has 0 heterocycles. The molecule has 0 aliphatic carbocycles. The van der Waals surface area contributed by atoms with Gasteiger partial charge in [-0.1, -0.05) is 23.2 Å². The van der Waals surface area contributed by atoms with E-state index in [1.54, 1.807) is 0 Å². The van der Waals surface area contributed by atoms with Crippen LogP contribution in [-0.4, -0.2) is 36.2 Å². The number of nitro benzene ring substituents is 1. The lowest BCUT2D eigenvalue weighted by atomic mass is 10.2. The van der Waals surface area contributed by atoms with Crippen molar-refractivity contribution in [3.63, 3.8) is 0 Å². The maximum atomic E-state index is 12.5. The Bertz CT molecular complexity index is 474. The van der Waals surface area contributed by atoms with Crippen LogP contribution in [0.4, 0.5) is 20.2 Å². The smallest absolute Gasteiger partial charge is 0.294 e. The Morgan fingerprint density at radius 1 is 1.37 bits per heavy atom. The van der Waals surface area contributed by atoms with Crippen molar-refractivity contribution >= 4 is 34.6 Å². The molecule has 106 valence electrons. The van der Waals surface area contributed by atoms with E-state index in [9.17, 15) is 18.9 Å². The minimum atomic E-state index is -2.71. The molecule has 0 unspecified atom stereocenters. The van der Waals surface area contributed by atoms with Crippen LogP contribution in [0.15, 0.2) is 12.1 Å². The minimum absolute atomic E-state index is 0.0134. The summed E-state index contributed by atoms with van der Waals surface area (Å²) in [5.41, 5.74) is -0.544. The Morgan fingerprint density at radius 3 is 2.42 bits per heavy atom. The zero-order valence-corrected chi connectivity index (χ0v) is 11.0. The Labute approximate surface area is 117 Å². The molecule has 0 saturated heterocycles. The predicted octanol–water partition coefficient (Wildman–Crippen LogP) is 2.97. The first kappa shape index (κ1) is 15.9. The number of anilines is 1. The summed E-state index contributed by atoms with van der Waals surface area (Å²) in [5.74, 6) is 0. The molecule has 0 fully saturated rings. The van der Waals surface area contributed by atoms with E-state index in [0.29, 0.717) is 0 Å². The lowest BCUT2D eigenvalue weighted by Crippen LogP contribution is -2.32. The van der Waals surface area contributed by atoms with Gasteiger partial charge in [0.25, 0.3) is 12.1 Å². The van der Waals surface area contributed by atoms with Crippen LogP contribution in [0.2, 0.25) is 10.0 Å². The average Bonchev–Trinajstić information content (AvgIpc) is 2.30. The quantitative estimate of drug-likeness (QED) is 0.647. The highest BCUT2D eigenvalue weighted by Crippen LogP contribution is 2.36. The van der Waals surface area contributed by atoms with Crippen molar-refractivity contribution in [1.82, 2.24) is 0 Å². The summed E-state index contributed by atoms with van der Waals surface area (Å²) < 4.78 is 24.9. The molecule has 0 spiro atoms. The molecule has 5 nitrogen and oxygen atoms in total. The van der Waals surface area contributed by atoms with Crippen molar-refractivity contribution in [3.8, 4) is 0 Å². The fourth-order valence-electron chi connectivity index (χ4n) is 1.52. The molecule has 9 heteroatoms. The molecule has 19 heavy (non-hydrogen) atoms. The standard InChI is InChI=1S/C10H10Cl2F2N2O3/c11-6-3-8(9(16(18)19)4-7(6)12)15(1-2-17)5-10(13)14/h3-4,10,17H,1-2,5H2. The van der Waals surface area contributed by atoms with Crippen LogP contribution in [0.5, 0.6) is 0 Å². The van der Waals surface area contributed by atoms with Crippen molar-refractivity contribution < 1.29 is 18.8 Å². The number of rotatable bonds is 6. The number of hydrogen-bond donors (Lipinski definition) is 1. The summed E-state index contributed by atoms with van der Waals surface area (Å²) >= 11 is 11.4. The normalized spacial score (nSPS) is 10.8. The topological polar surface area (TPSA) is 66.6 Å². The van der Waals surface area contributed by atoms with Gasteiger partial charge in [-0.3, -0.25) is 10.1 Å². The van der Waals surface area contributed by atoms with E-state index >= 15 is 0 Å². The van der Waals surface area contributed by atoms with Gasteiger partial charge in [-0.15, -0.1) is 0 Å². The van der Waals surface area contributed by atoms with Gasteiger partial charge < -0.3 is 10.0 Å². The number of aliphatic hydroxyl groups is 1. The van der Waals surface area contributed by atoms with E-state index in [4.69, 9.17) is 28.3 Å². The number of aliphatic hydroxyl groups excluding tert-OH is 1. The fraction of sp³-hybridized carbons (Fsp3) is 0.400. The zero-order valence-electron chi connectivity index (χ0n) is 9.52. The molecule has 0 aliphatic rings. The highest BCUT2D eigenvalue weighted by molar-refractivity contribution is 6.42. The van der Waals surface area contributed by atoms with Crippen LogP contribution in [-0.2, 0) is 0 Å². The molecule has 0 radical (unpaired) electrons. The molecule has 0 bridgehead atoms. The second-order valence-electron chi connectivity index (χ2n) is 3.57. The van der Waals surface area contributed by atoms with Crippen molar-refractivity contribution in [2.24, 2.45) is 0 Å². The van der Waals surface area contributed by atoms with Crippen LogP contribution in [0.3, 0.4) is 0 Å². The second kappa shape index (κ2) is 6.83. The maximum Gasteiger partial charge on any atom is 0.294 e. The van der Waals surface area contributed by atoms with E-state index in [1.807, 2.05) is 0 Å². The predicted molar refractivity (Wildman–Crippen MR) is 68.4 cm³/mol. The van der Waals surface area contributed by atoms with Gasteiger partial charge in [0.05, 0.1) is 28.1 Å². The largest absolute Gasteiger partial charge is 0.395 e. The number of hydrogen-bond acceptors (Lipinski definition) is 4. The van der Waals surface area contributed by atoms with E-state index in [-0.39, 0.29) is 22.3 Å². The number of nitro groups is 1. The van der Waals surface area contributed by atoms with Crippen LogP contribution in [0.25, 0.3) is 0 Å². The third-order valence-corrected chi connectivity index (χ3v) is 3.01. The molecule has 1 N–H and O–H groups in total. The molecule has 0 atom stereocenters. The third kappa shape index (κ3) is 4.15. The summed E-state index contributed by atoms with van der Waals surface area (Å²) in [6.45, 7) is -1.35. The van der Waals surface area contributed by atoms with Gasteiger partial charge in [-0.25, -0.2) is 8.78 Å². The van der Waals surface area contributed by atoms with Gasteiger partial charge in [0.15, 0.2) is 0 Å². The first-order valence-corrected chi connectivity index (χ1v) is 5.89. The molecule has 0 aliphatic heterocycles. The van der Waals surface area contributed by atoms with E-state index < -0.39 is 30.2 Å². The summed E-state index contributed by atoms with van der Waals surface area (Å²) in [6, 6.07) is 2.13. The number of halogens is 4. The van der Waals surface area contributed by atoms with Gasteiger partial charge in [-0.2, -0.15) is 0 Å². The molecule has 0 saturated carbocycles. The zero-order chi connectivity index (χ0) is 14.6. The van der Waals surface area contributed by atoms with Gasteiger partial charge in [0, 0.05) is 12.6 Å². The van der Waals surface area contributed by atoms with Crippen molar-refractivity contribution in [2.45, 2.75) is 6.43 Å². The summed E-state index contributed by atoms with van der Waals surface area (Å²) in [5, 5.41) is 19.7. The van der Waals surface area contributed by atoms with Crippen molar-refractivity contribution in [1.29, 1.82) is 0 Å². The highest BCUT2D eigenvalue weighted by atomic mass is 35.5. The Morgan fingerprint density at radius 2 is 1.95 bits per heavy atom. The van der Waals surface area contributed by atoms with Crippen LogP contribution >= 0.6 is 23.2 Å². The molecule has 1 aromatic carbocycles. The molecular formula is C10H10Cl2F2N2O3. The second-order valence-corrected chi connectivity index (χ2v) is 4.39. The lowest BCUT2D eigenvalue weighted by Gasteiger charge is -2.23. The molecule has 0 amide bonds. The fourth-order valence-corrected chi connectivity index (χ4v) is 1.84. The van der Waals surface area contributed by atoms with E-state index in [2.05, 4.69) is 0 Å². The van der Waals surface area contributed by atoms with E-state index in [1.165, 1.54) is 0 Å². The first-order valence-electron chi connectivity index (χ1n) is 5.14. The van der Waals surface area contributed by atoms with Crippen molar-refractivity contribution in [3.05, 3.63) is 32.3 Å². The summed E-state index contributed by atoms with van der Waals surface area (Å²) in [6.07, 6.45) is -2.71. The van der Waals surface area contributed by atoms with Gasteiger partial charge in [-0.05, 0) is 6.07 Å². The van der Waals surface area contributed by atoms with Gasteiger partial charge in [0.2, 0.25) is 0 Å². The van der Waals surface area contributed by atoms with Gasteiger partial charge >= 0.3 is 0 Å². The van der Waals surface area contributed by atoms with Crippen LogP contribution < -0.4 is 4.90 Å². The van der Waals surface area contributed by atoms with Crippen molar-refractivity contribution in [2.75, 3.05) is 24.6 Å². The monoisotopic (exact) mass is 314 g/mol. The van der Waals surface area contributed by atoms with Gasteiger partial charge in [0.1, 0.15) is 5.69 Å². The Kier molecular flexibility index (Phi) is 5.71. The molecule has 1 rings (SSSR count). The molecule has 1 aromatic rings. The van der Waals surface area contributed by atoms with Crippen LogP contribution in [0.1, 0.15) is 0 Å². The number of alkyl halides is 2. The average molecular weight is 315 g/mol. The highest BCUT2D eigenvalue weighted by Gasteiger charge is 2.23. The SMILES string of the molecule is O=[N+]([O-])c1cc(Cl)c(Cl)cc1N(CCO)CC(F)F. The lowest BCUT2D eigenvalue weighted by molar-refractivity contribution is -0.384. The maximum absolute atomic E-state index is 12.5. The minimum Gasteiger partial charge on any atom is -0.395 e. The molecule has 0 aromatic heterocycles. The summed E-state index contributed by atoms with van der Waals surface area (Å²) in [4.78, 5) is 11.2. The van der Waals surface area contributed by atoms with E-state index in [0.717, 1.165) is 17.0 Å². The molecular weight excluding hydrogens is 305 g/mol. The first-order chi connectivity index (χ1) is 8.86. The number of nitrogens with zero attached hydrogens (tertiary/aromatic N) is 2. The summed E-state index contributed by atoms with van der Waals surface area (Å²) in [7, 11) is 0. The Hall–Kier alpha value is -1.18.